The van der Waals surface area contributed by atoms with Crippen molar-refractivity contribution in [3.63, 3.8) is 0 Å². The third kappa shape index (κ3) is 1.83. The zero-order valence-electron chi connectivity index (χ0n) is 8.78. The van der Waals surface area contributed by atoms with Crippen LogP contribution in [-0.4, -0.2) is 19.1 Å². The lowest BCUT2D eigenvalue weighted by atomic mass is 10.0. The van der Waals surface area contributed by atoms with E-state index in [-0.39, 0.29) is 6.04 Å². The third-order valence-electron chi connectivity index (χ3n) is 2.82. The second kappa shape index (κ2) is 4.27. The van der Waals surface area contributed by atoms with Crippen LogP contribution in [0.2, 0.25) is 5.02 Å². The molecule has 1 saturated heterocycles. The first-order valence-electron chi connectivity index (χ1n) is 5.05. The Morgan fingerprint density at radius 2 is 2.19 bits per heavy atom. The van der Waals surface area contributed by atoms with Crippen molar-refractivity contribution < 1.29 is 0 Å². The molecule has 1 aromatic carbocycles. The molecule has 1 aliphatic rings. The van der Waals surface area contributed by atoms with Crippen molar-refractivity contribution >= 4 is 23.0 Å². The third-order valence-corrected chi connectivity index (χ3v) is 3.03. The monoisotopic (exact) mass is 239 g/mol. The van der Waals surface area contributed by atoms with Crippen LogP contribution in [0.5, 0.6) is 0 Å². The fraction of sp³-hybridized carbons (Fsp3) is 0.400. The molecule has 5 N–H and O–H groups in total. The highest BCUT2D eigenvalue weighted by Gasteiger charge is 2.28. The second-order valence-corrected chi connectivity index (χ2v) is 4.32. The summed E-state index contributed by atoms with van der Waals surface area (Å²) in [6, 6.07) is 3.66. The van der Waals surface area contributed by atoms with Gasteiger partial charge in [-0.3, -0.25) is 0 Å². The molecule has 0 unspecified atom stereocenters. The summed E-state index contributed by atoms with van der Waals surface area (Å²) in [5.74, 6) is 0. The zero-order chi connectivity index (χ0) is 11.7. The molecule has 0 radical (unpaired) electrons. The number of rotatable bonds is 3. The van der Waals surface area contributed by atoms with Crippen LogP contribution >= 0.6 is 11.6 Å². The lowest BCUT2D eigenvalue weighted by molar-refractivity contribution is 0.493. The van der Waals surface area contributed by atoms with Gasteiger partial charge in [0.1, 0.15) is 6.04 Å². The molecule has 0 aromatic heterocycles. The number of nitrogen functional groups attached to an aromatic ring is 1. The van der Waals surface area contributed by atoms with Crippen molar-refractivity contribution in [2.75, 3.05) is 23.7 Å². The average molecular weight is 240 g/mol. The maximum atomic E-state index is 6.92. The first-order chi connectivity index (χ1) is 7.65. The van der Waals surface area contributed by atoms with Crippen molar-refractivity contribution in [3.8, 4) is 0 Å². The van der Waals surface area contributed by atoms with E-state index >= 15 is 0 Å². The lowest BCUT2D eigenvalue weighted by Crippen LogP contribution is -2.50. The highest BCUT2D eigenvalue weighted by atomic mass is 35.5. The van der Waals surface area contributed by atoms with Crippen molar-refractivity contribution in [1.29, 1.82) is 5.53 Å². The molecule has 6 heteroatoms. The molecule has 1 fully saturated rings. The Kier molecular flexibility index (Phi) is 2.98. The van der Waals surface area contributed by atoms with Crippen LogP contribution in [0.1, 0.15) is 5.56 Å². The largest absolute Gasteiger partial charge is 0.398 e. The molecule has 0 bridgehead atoms. The zero-order valence-corrected chi connectivity index (χ0v) is 9.54. The number of nitrogens with zero attached hydrogens (tertiary/aromatic N) is 2. The summed E-state index contributed by atoms with van der Waals surface area (Å²) in [7, 11) is 0. The van der Waals surface area contributed by atoms with E-state index in [9.17, 15) is 0 Å². The van der Waals surface area contributed by atoms with E-state index in [1.165, 1.54) is 0 Å². The van der Waals surface area contributed by atoms with Crippen LogP contribution in [0.25, 0.3) is 0 Å². The molecule has 16 heavy (non-hydrogen) atoms. The van der Waals surface area contributed by atoms with Gasteiger partial charge in [-0.05, 0) is 12.1 Å². The SMILES string of the molecule is N=NC1CN(c2cc(Cl)cc(N)c2CN)C1. The minimum atomic E-state index is 0.0887. The summed E-state index contributed by atoms with van der Waals surface area (Å²) in [5.41, 5.74) is 21.0. The van der Waals surface area contributed by atoms with E-state index in [1.54, 1.807) is 6.07 Å². The number of hydrogen-bond donors (Lipinski definition) is 3. The van der Waals surface area contributed by atoms with E-state index in [1.807, 2.05) is 6.07 Å². The van der Waals surface area contributed by atoms with Crippen LogP contribution in [0.15, 0.2) is 17.2 Å². The Hall–Kier alpha value is -1.33. The van der Waals surface area contributed by atoms with E-state index in [0.29, 0.717) is 17.3 Å². The number of anilines is 2. The molecule has 0 atom stereocenters. The fourth-order valence-corrected chi connectivity index (χ4v) is 2.10. The molecule has 2 rings (SSSR count). The number of hydrogen-bond acceptors (Lipinski definition) is 5. The predicted octanol–water partition coefficient (Wildman–Crippen LogP) is 1.60. The highest BCUT2D eigenvalue weighted by molar-refractivity contribution is 6.31. The van der Waals surface area contributed by atoms with Gasteiger partial charge in [-0.2, -0.15) is 5.11 Å². The number of benzene rings is 1. The molecule has 5 nitrogen and oxygen atoms in total. The van der Waals surface area contributed by atoms with E-state index in [0.717, 1.165) is 24.3 Å². The fourth-order valence-electron chi connectivity index (χ4n) is 1.88. The Morgan fingerprint density at radius 1 is 1.50 bits per heavy atom. The Balaban J connectivity index is 2.29. The molecule has 1 heterocycles. The second-order valence-electron chi connectivity index (χ2n) is 3.88. The summed E-state index contributed by atoms with van der Waals surface area (Å²) < 4.78 is 0. The molecule has 1 aromatic rings. The van der Waals surface area contributed by atoms with Crippen molar-refractivity contribution in [2.45, 2.75) is 12.6 Å². The lowest BCUT2D eigenvalue weighted by Gasteiger charge is -2.39. The molecule has 1 aliphatic heterocycles. The van der Waals surface area contributed by atoms with Gasteiger partial charge < -0.3 is 16.4 Å². The van der Waals surface area contributed by atoms with Gasteiger partial charge in [-0.15, -0.1) is 0 Å². The summed E-state index contributed by atoms with van der Waals surface area (Å²) in [6.45, 7) is 1.85. The Bertz CT molecular complexity index is 414. The molecular weight excluding hydrogens is 226 g/mol. The van der Waals surface area contributed by atoms with Gasteiger partial charge in [-0.1, -0.05) is 11.6 Å². The number of nitrogens with two attached hydrogens (primary N) is 2. The normalized spacial score (nSPS) is 16.0. The van der Waals surface area contributed by atoms with Crippen molar-refractivity contribution in [2.24, 2.45) is 10.8 Å². The highest BCUT2D eigenvalue weighted by Crippen LogP contribution is 2.33. The van der Waals surface area contributed by atoms with Crippen LogP contribution in [-0.2, 0) is 6.54 Å². The molecule has 0 spiro atoms. The molecular formula is C10H14ClN5. The van der Waals surface area contributed by atoms with Gasteiger partial charge in [0.15, 0.2) is 0 Å². The van der Waals surface area contributed by atoms with Crippen molar-refractivity contribution in [1.82, 2.24) is 0 Å². The van der Waals surface area contributed by atoms with Gasteiger partial charge in [0, 0.05) is 41.6 Å². The van der Waals surface area contributed by atoms with Crippen LogP contribution in [0.3, 0.4) is 0 Å². The predicted molar refractivity (Wildman–Crippen MR) is 64.9 cm³/mol. The van der Waals surface area contributed by atoms with Gasteiger partial charge in [-0.25, -0.2) is 5.53 Å². The first kappa shape index (κ1) is 11.2. The minimum Gasteiger partial charge on any atom is -0.398 e. The molecule has 0 amide bonds. The summed E-state index contributed by atoms with van der Waals surface area (Å²) >= 11 is 5.97. The van der Waals surface area contributed by atoms with Crippen LogP contribution in [0.4, 0.5) is 11.4 Å². The standard InChI is InChI=1S/C10H14ClN5/c11-6-1-9(13)8(3-12)10(2-6)16-4-7(5-16)15-14/h1-2,7,14H,3-5,12-13H2. The first-order valence-corrected chi connectivity index (χ1v) is 5.43. The van der Waals surface area contributed by atoms with Gasteiger partial charge >= 0.3 is 0 Å². The molecule has 0 saturated carbocycles. The smallest absolute Gasteiger partial charge is 0.105 e. The van der Waals surface area contributed by atoms with Crippen LogP contribution < -0.4 is 16.4 Å². The maximum Gasteiger partial charge on any atom is 0.105 e. The molecule has 0 aliphatic carbocycles. The summed E-state index contributed by atoms with van der Waals surface area (Å²) in [6.07, 6.45) is 0. The van der Waals surface area contributed by atoms with Gasteiger partial charge in [0.2, 0.25) is 0 Å². The van der Waals surface area contributed by atoms with E-state index < -0.39 is 0 Å². The van der Waals surface area contributed by atoms with Gasteiger partial charge in [0.05, 0.1) is 0 Å². The Labute approximate surface area is 98.9 Å². The van der Waals surface area contributed by atoms with E-state index in [2.05, 4.69) is 10.0 Å². The number of nitrogens with one attached hydrogen (secondary N) is 1. The van der Waals surface area contributed by atoms with E-state index in [4.69, 9.17) is 28.6 Å². The maximum absolute atomic E-state index is 6.92. The van der Waals surface area contributed by atoms with Crippen LogP contribution in [0, 0.1) is 5.53 Å². The topological polar surface area (TPSA) is 91.5 Å². The summed E-state index contributed by atoms with van der Waals surface area (Å²) in [5, 5.41) is 4.09. The number of halogens is 1. The van der Waals surface area contributed by atoms with Gasteiger partial charge in [0.25, 0.3) is 0 Å². The quantitative estimate of drug-likeness (QED) is 0.553. The summed E-state index contributed by atoms with van der Waals surface area (Å²) in [4.78, 5) is 2.09. The average Bonchev–Trinajstić information content (AvgIpc) is 2.15. The molecule has 86 valence electrons. The minimum absolute atomic E-state index is 0.0887. The Morgan fingerprint density at radius 3 is 2.75 bits per heavy atom. The van der Waals surface area contributed by atoms with Crippen molar-refractivity contribution in [3.05, 3.63) is 22.7 Å².